The summed E-state index contributed by atoms with van der Waals surface area (Å²) >= 11 is 0. The van der Waals surface area contributed by atoms with Gasteiger partial charge in [0.25, 0.3) is 0 Å². The molecule has 1 fully saturated rings. The summed E-state index contributed by atoms with van der Waals surface area (Å²) in [6.07, 6.45) is 1.38. The molecule has 1 aliphatic rings. The lowest BCUT2D eigenvalue weighted by atomic mass is 10.1. The van der Waals surface area contributed by atoms with E-state index in [9.17, 15) is 9.18 Å². The fraction of sp³-hybridized carbons (Fsp3) is 0.562. The smallest absolute Gasteiger partial charge is 0.241 e. The van der Waals surface area contributed by atoms with Crippen molar-refractivity contribution in [3.8, 4) is 0 Å². The number of amides is 1. The van der Waals surface area contributed by atoms with Gasteiger partial charge in [-0.3, -0.25) is 10.1 Å². The molecule has 0 spiro atoms. The molecule has 110 valence electrons. The fourth-order valence-corrected chi connectivity index (χ4v) is 2.59. The van der Waals surface area contributed by atoms with Gasteiger partial charge in [0, 0.05) is 12.1 Å². The molecule has 4 heteroatoms. The van der Waals surface area contributed by atoms with Crippen LogP contribution in [0.1, 0.15) is 45.3 Å². The van der Waals surface area contributed by atoms with Gasteiger partial charge in [0.1, 0.15) is 12.0 Å². The zero-order chi connectivity index (χ0) is 14.7. The highest BCUT2D eigenvalue weighted by Crippen LogP contribution is 2.29. The molecule has 1 aromatic carbocycles. The van der Waals surface area contributed by atoms with Crippen molar-refractivity contribution >= 4 is 5.91 Å². The van der Waals surface area contributed by atoms with Gasteiger partial charge in [-0.2, -0.15) is 0 Å². The Bertz CT molecular complexity index is 477. The highest BCUT2D eigenvalue weighted by molar-refractivity contribution is 5.84. The van der Waals surface area contributed by atoms with Gasteiger partial charge in [0.05, 0.1) is 6.04 Å². The number of nitrogens with zero attached hydrogens (tertiary/aromatic N) is 1. The van der Waals surface area contributed by atoms with Crippen molar-refractivity contribution in [3.63, 3.8) is 0 Å². The number of benzene rings is 1. The van der Waals surface area contributed by atoms with Gasteiger partial charge in [0.2, 0.25) is 5.91 Å². The van der Waals surface area contributed by atoms with Crippen LogP contribution in [-0.4, -0.2) is 23.4 Å². The SMILES string of the molecule is CCC(C)CN1C(=O)C(CC)NC1c1ccccc1F. The van der Waals surface area contributed by atoms with E-state index in [4.69, 9.17) is 0 Å². The zero-order valence-electron chi connectivity index (χ0n) is 12.4. The molecule has 3 nitrogen and oxygen atoms in total. The van der Waals surface area contributed by atoms with Crippen LogP contribution in [0.2, 0.25) is 0 Å². The summed E-state index contributed by atoms with van der Waals surface area (Å²) in [4.78, 5) is 14.2. The molecule has 1 heterocycles. The Labute approximate surface area is 120 Å². The minimum atomic E-state index is -0.345. The molecule has 0 aromatic heterocycles. The third kappa shape index (κ3) is 2.85. The van der Waals surface area contributed by atoms with Crippen molar-refractivity contribution in [2.45, 2.75) is 45.8 Å². The Balaban J connectivity index is 2.29. The number of nitrogens with one attached hydrogen (secondary N) is 1. The van der Waals surface area contributed by atoms with Gasteiger partial charge in [-0.1, -0.05) is 45.4 Å². The maximum Gasteiger partial charge on any atom is 0.241 e. The fourth-order valence-electron chi connectivity index (χ4n) is 2.59. The van der Waals surface area contributed by atoms with Crippen molar-refractivity contribution < 1.29 is 9.18 Å². The molecule has 1 saturated heterocycles. The number of halogens is 1. The molecule has 20 heavy (non-hydrogen) atoms. The quantitative estimate of drug-likeness (QED) is 0.897. The highest BCUT2D eigenvalue weighted by Gasteiger charge is 2.39. The van der Waals surface area contributed by atoms with Crippen molar-refractivity contribution in [1.82, 2.24) is 10.2 Å². The summed E-state index contributed by atoms with van der Waals surface area (Å²) < 4.78 is 14.0. The zero-order valence-corrected chi connectivity index (χ0v) is 12.4. The molecule has 0 aliphatic carbocycles. The minimum Gasteiger partial charge on any atom is -0.321 e. The summed E-state index contributed by atoms with van der Waals surface area (Å²) in [7, 11) is 0. The lowest BCUT2D eigenvalue weighted by Gasteiger charge is -2.27. The summed E-state index contributed by atoms with van der Waals surface area (Å²) in [5.74, 6) is 0.232. The second kappa shape index (κ2) is 6.35. The standard InChI is InChI=1S/C16H23FN2O/c1-4-11(3)10-19-15(18-14(5-2)16(19)20)12-8-6-7-9-13(12)17/h6-9,11,14-15,18H,4-5,10H2,1-3H3. The number of rotatable bonds is 5. The summed E-state index contributed by atoms with van der Waals surface area (Å²) in [6, 6.07) is 6.48. The molecule has 3 atom stereocenters. The average molecular weight is 278 g/mol. The predicted octanol–water partition coefficient (Wildman–Crippen LogP) is 3.08. The normalized spacial score (nSPS) is 24.2. The van der Waals surface area contributed by atoms with E-state index in [1.165, 1.54) is 6.07 Å². The minimum absolute atomic E-state index is 0.0843. The van der Waals surface area contributed by atoms with E-state index in [1.54, 1.807) is 17.0 Å². The summed E-state index contributed by atoms with van der Waals surface area (Å²) in [6.45, 7) is 6.86. The molecule has 0 saturated carbocycles. The van der Waals surface area contributed by atoms with Gasteiger partial charge in [0.15, 0.2) is 0 Å². The number of hydrogen-bond donors (Lipinski definition) is 1. The largest absolute Gasteiger partial charge is 0.321 e. The Kier molecular flexibility index (Phi) is 4.76. The van der Waals surface area contributed by atoms with E-state index in [1.807, 2.05) is 13.0 Å². The number of carbonyl (C=O) groups is 1. The Hall–Kier alpha value is -1.42. The van der Waals surface area contributed by atoms with Gasteiger partial charge in [-0.25, -0.2) is 4.39 Å². The van der Waals surface area contributed by atoms with Gasteiger partial charge < -0.3 is 4.90 Å². The van der Waals surface area contributed by atoms with E-state index in [0.29, 0.717) is 18.0 Å². The molecule has 1 aliphatic heterocycles. The first-order chi connectivity index (χ1) is 9.58. The first-order valence-electron chi connectivity index (χ1n) is 7.39. The molecule has 1 amide bonds. The van der Waals surface area contributed by atoms with Gasteiger partial charge in [-0.15, -0.1) is 0 Å². The summed E-state index contributed by atoms with van der Waals surface area (Å²) in [5.41, 5.74) is 0.556. The van der Waals surface area contributed by atoms with Crippen LogP contribution in [0.3, 0.4) is 0 Å². The first-order valence-corrected chi connectivity index (χ1v) is 7.39. The molecule has 3 unspecified atom stereocenters. The first kappa shape index (κ1) is 15.0. The van der Waals surface area contributed by atoms with Crippen LogP contribution in [0.5, 0.6) is 0 Å². The Morgan fingerprint density at radius 3 is 2.65 bits per heavy atom. The van der Waals surface area contributed by atoms with E-state index >= 15 is 0 Å². The van der Waals surface area contributed by atoms with E-state index in [2.05, 4.69) is 19.2 Å². The maximum atomic E-state index is 14.0. The Morgan fingerprint density at radius 1 is 1.35 bits per heavy atom. The van der Waals surface area contributed by atoms with Crippen molar-refractivity contribution in [1.29, 1.82) is 0 Å². The average Bonchev–Trinajstić information content (AvgIpc) is 2.76. The molecule has 0 radical (unpaired) electrons. The van der Waals surface area contributed by atoms with E-state index in [0.717, 1.165) is 12.8 Å². The molecule has 2 rings (SSSR count). The second-order valence-corrected chi connectivity index (χ2v) is 5.56. The molecular weight excluding hydrogens is 255 g/mol. The Morgan fingerprint density at radius 2 is 2.05 bits per heavy atom. The van der Waals surface area contributed by atoms with Crippen LogP contribution in [-0.2, 0) is 4.79 Å². The van der Waals surface area contributed by atoms with Crippen LogP contribution < -0.4 is 5.32 Å². The van der Waals surface area contributed by atoms with Crippen LogP contribution in [0.15, 0.2) is 24.3 Å². The third-order valence-corrected chi connectivity index (χ3v) is 4.07. The monoisotopic (exact) mass is 278 g/mol. The highest BCUT2D eigenvalue weighted by atomic mass is 19.1. The topological polar surface area (TPSA) is 32.3 Å². The number of hydrogen-bond acceptors (Lipinski definition) is 2. The van der Waals surface area contributed by atoms with Gasteiger partial charge in [-0.05, 0) is 18.4 Å². The maximum absolute atomic E-state index is 14.0. The van der Waals surface area contributed by atoms with Crippen LogP contribution in [0.25, 0.3) is 0 Å². The van der Waals surface area contributed by atoms with Crippen molar-refractivity contribution in [2.24, 2.45) is 5.92 Å². The predicted molar refractivity (Wildman–Crippen MR) is 77.5 cm³/mol. The number of carbonyl (C=O) groups excluding carboxylic acids is 1. The van der Waals surface area contributed by atoms with Crippen LogP contribution >= 0.6 is 0 Å². The van der Waals surface area contributed by atoms with Crippen molar-refractivity contribution in [2.75, 3.05) is 6.54 Å². The summed E-state index contributed by atoms with van der Waals surface area (Å²) in [5, 5.41) is 3.26. The van der Waals surface area contributed by atoms with Gasteiger partial charge >= 0.3 is 0 Å². The molecule has 1 aromatic rings. The molecule has 0 bridgehead atoms. The molecule has 1 N–H and O–H groups in total. The van der Waals surface area contributed by atoms with Crippen molar-refractivity contribution in [3.05, 3.63) is 35.6 Å². The second-order valence-electron chi connectivity index (χ2n) is 5.56. The van der Waals surface area contributed by atoms with Crippen LogP contribution in [0, 0.1) is 11.7 Å². The van der Waals surface area contributed by atoms with E-state index < -0.39 is 0 Å². The lowest BCUT2D eigenvalue weighted by Crippen LogP contribution is -2.34. The lowest BCUT2D eigenvalue weighted by molar-refractivity contribution is -0.130. The van der Waals surface area contributed by atoms with E-state index in [-0.39, 0.29) is 23.9 Å². The molecular formula is C16H23FN2O. The van der Waals surface area contributed by atoms with Crippen LogP contribution in [0.4, 0.5) is 4.39 Å². The third-order valence-electron chi connectivity index (χ3n) is 4.07.